The molecule has 1 unspecified atom stereocenters. The highest BCUT2D eigenvalue weighted by molar-refractivity contribution is 5.17. The summed E-state index contributed by atoms with van der Waals surface area (Å²) in [5, 5.41) is 7.71. The molecule has 96 valence electrons. The molecule has 0 bridgehead atoms. The van der Waals surface area contributed by atoms with E-state index in [-0.39, 0.29) is 0 Å². The molecule has 0 fully saturated rings. The highest BCUT2D eigenvalue weighted by Gasteiger charge is 2.09. The molecule has 18 heavy (non-hydrogen) atoms. The first-order valence-electron chi connectivity index (χ1n) is 6.54. The van der Waals surface area contributed by atoms with E-state index in [1.807, 2.05) is 17.9 Å². The van der Waals surface area contributed by atoms with Gasteiger partial charge in [-0.05, 0) is 37.9 Å². The van der Waals surface area contributed by atoms with E-state index >= 15 is 0 Å². The van der Waals surface area contributed by atoms with Crippen molar-refractivity contribution in [2.75, 3.05) is 7.05 Å². The quantitative estimate of drug-likeness (QED) is 0.843. The number of aryl methyl sites for hydroxylation is 1. The molecule has 1 aromatic heterocycles. The minimum absolute atomic E-state index is 0.460. The van der Waals surface area contributed by atoms with E-state index < -0.39 is 0 Å². The number of nitrogens with zero attached hydrogens (tertiary/aromatic N) is 2. The van der Waals surface area contributed by atoms with Crippen LogP contribution in [0.3, 0.4) is 0 Å². The van der Waals surface area contributed by atoms with Gasteiger partial charge in [-0.2, -0.15) is 5.10 Å². The van der Waals surface area contributed by atoms with Crippen LogP contribution in [-0.4, -0.2) is 22.9 Å². The molecule has 0 spiro atoms. The van der Waals surface area contributed by atoms with Gasteiger partial charge in [-0.25, -0.2) is 0 Å². The van der Waals surface area contributed by atoms with Crippen molar-refractivity contribution in [3.8, 4) is 0 Å². The van der Waals surface area contributed by atoms with Gasteiger partial charge in [0.2, 0.25) is 0 Å². The number of benzene rings is 1. The Bertz CT molecular complexity index is 462. The molecule has 0 aliphatic heterocycles. The lowest BCUT2D eigenvalue weighted by atomic mass is 10.0. The summed E-state index contributed by atoms with van der Waals surface area (Å²) in [7, 11) is 2.03. The van der Waals surface area contributed by atoms with Crippen molar-refractivity contribution in [3.63, 3.8) is 0 Å². The van der Waals surface area contributed by atoms with Gasteiger partial charge in [0, 0.05) is 18.8 Å². The van der Waals surface area contributed by atoms with Crippen LogP contribution in [0, 0.1) is 0 Å². The average Bonchev–Trinajstić information content (AvgIpc) is 2.87. The standard InChI is InChI=1S/C15H21N3/c1-3-18-12-14(11-17-18)10-15(16-2)9-13-7-5-4-6-8-13/h4-8,11-12,15-16H,3,9-10H2,1-2H3. The van der Waals surface area contributed by atoms with Gasteiger partial charge in [0.25, 0.3) is 0 Å². The molecule has 3 heteroatoms. The van der Waals surface area contributed by atoms with E-state index in [0.717, 1.165) is 19.4 Å². The Morgan fingerprint density at radius 3 is 2.50 bits per heavy atom. The lowest BCUT2D eigenvalue weighted by Crippen LogP contribution is -2.29. The Hall–Kier alpha value is -1.61. The Morgan fingerprint density at radius 2 is 1.89 bits per heavy atom. The third-order valence-corrected chi connectivity index (χ3v) is 3.23. The van der Waals surface area contributed by atoms with Crippen LogP contribution in [0.4, 0.5) is 0 Å². The largest absolute Gasteiger partial charge is 0.316 e. The monoisotopic (exact) mass is 243 g/mol. The molecule has 0 aliphatic rings. The van der Waals surface area contributed by atoms with Gasteiger partial charge in [0.05, 0.1) is 6.20 Å². The second-order valence-corrected chi connectivity index (χ2v) is 4.58. The molecule has 1 N–H and O–H groups in total. The van der Waals surface area contributed by atoms with Crippen LogP contribution in [0.5, 0.6) is 0 Å². The van der Waals surface area contributed by atoms with Crippen LogP contribution < -0.4 is 5.32 Å². The van der Waals surface area contributed by atoms with Gasteiger partial charge in [0.15, 0.2) is 0 Å². The van der Waals surface area contributed by atoms with Gasteiger partial charge < -0.3 is 5.32 Å². The van der Waals surface area contributed by atoms with E-state index in [2.05, 4.69) is 53.9 Å². The number of aromatic nitrogens is 2. The zero-order valence-corrected chi connectivity index (χ0v) is 11.1. The van der Waals surface area contributed by atoms with Crippen molar-refractivity contribution < 1.29 is 0 Å². The molecular formula is C15H21N3. The molecule has 2 aromatic rings. The van der Waals surface area contributed by atoms with Gasteiger partial charge in [-0.3, -0.25) is 4.68 Å². The summed E-state index contributed by atoms with van der Waals surface area (Å²) in [6.07, 6.45) is 6.17. The van der Waals surface area contributed by atoms with E-state index in [4.69, 9.17) is 0 Å². The van der Waals surface area contributed by atoms with Crippen LogP contribution in [0.25, 0.3) is 0 Å². The minimum atomic E-state index is 0.460. The number of hydrogen-bond donors (Lipinski definition) is 1. The minimum Gasteiger partial charge on any atom is -0.316 e. The summed E-state index contributed by atoms with van der Waals surface area (Å²) in [5.41, 5.74) is 2.67. The zero-order valence-electron chi connectivity index (χ0n) is 11.1. The fraction of sp³-hybridized carbons (Fsp3) is 0.400. The maximum atomic E-state index is 4.32. The van der Waals surface area contributed by atoms with E-state index in [1.165, 1.54) is 11.1 Å². The predicted molar refractivity (Wildman–Crippen MR) is 74.6 cm³/mol. The summed E-state index contributed by atoms with van der Waals surface area (Å²) in [4.78, 5) is 0. The van der Waals surface area contributed by atoms with Crippen LogP contribution in [0.2, 0.25) is 0 Å². The number of hydrogen-bond acceptors (Lipinski definition) is 2. The van der Waals surface area contributed by atoms with Gasteiger partial charge in [-0.15, -0.1) is 0 Å². The highest BCUT2D eigenvalue weighted by atomic mass is 15.3. The number of likely N-dealkylation sites (N-methyl/N-ethyl adjacent to an activating group) is 1. The molecule has 0 saturated heterocycles. The van der Waals surface area contributed by atoms with Crippen LogP contribution in [0.15, 0.2) is 42.7 Å². The van der Waals surface area contributed by atoms with Crippen molar-refractivity contribution in [1.82, 2.24) is 15.1 Å². The Kier molecular flexibility index (Phi) is 4.53. The van der Waals surface area contributed by atoms with Gasteiger partial charge in [0.1, 0.15) is 0 Å². The third kappa shape index (κ3) is 3.44. The van der Waals surface area contributed by atoms with E-state index in [0.29, 0.717) is 6.04 Å². The van der Waals surface area contributed by atoms with E-state index in [9.17, 15) is 0 Å². The SMILES string of the molecule is CCn1cc(CC(Cc2ccccc2)NC)cn1. The fourth-order valence-corrected chi connectivity index (χ4v) is 2.14. The van der Waals surface area contributed by atoms with Gasteiger partial charge in [-0.1, -0.05) is 30.3 Å². The normalized spacial score (nSPS) is 12.6. The number of rotatable bonds is 6. The van der Waals surface area contributed by atoms with E-state index in [1.54, 1.807) is 0 Å². The summed E-state index contributed by atoms with van der Waals surface area (Å²) in [6, 6.07) is 11.1. The lowest BCUT2D eigenvalue weighted by Gasteiger charge is -2.15. The van der Waals surface area contributed by atoms with Gasteiger partial charge >= 0.3 is 0 Å². The molecule has 1 aromatic carbocycles. The molecule has 1 atom stereocenters. The van der Waals surface area contributed by atoms with Crippen LogP contribution >= 0.6 is 0 Å². The molecule has 2 rings (SSSR count). The summed E-state index contributed by atoms with van der Waals surface area (Å²) in [6.45, 7) is 3.04. The van der Waals surface area contributed by atoms with Crippen molar-refractivity contribution >= 4 is 0 Å². The van der Waals surface area contributed by atoms with Crippen molar-refractivity contribution in [3.05, 3.63) is 53.9 Å². The lowest BCUT2D eigenvalue weighted by molar-refractivity contribution is 0.556. The molecule has 3 nitrogen and oxygen atoms in total. The smallest absolute Gasteiger partial charge is 0.0522 e. The zero-order chi connectivity index (χ0) is 12.8. The predicted octanol–water partition coefficient (Wildman–Crippen LogP) is 2.28. The molecule has 0 radical (unpaired) electrons. The van der Waals surface area contributed by atoms with Crippen molar-refractivity contribution in [2.24, 2.45) is 0 Å². The summed E-state index contributed by atoms with van der Waals surface area (Å²) in [5.74, 6) is 0. The maximum Gasteiger partial charge on any atom is 0.0522 e. The van der Waals surface area contributed by atoms with Crippen LogP contribution in [-0.2, 0) is 19.4 Å². The van der Waals surface area contributed by atoms with Crippen LogP contribution in [0.1, 0.15) is 18.1 Å². The average molecular weight is 243 g/mol. The fourth-order valence-electron chi connectivity index (χ4n) is 2.14. The van der Waals surface area contributed by atoms with Crippen molar-refractivity contribution in [2.45, 2.75) is 32.4 Å². The Morgan fingerprint density at radius 1 is 1.17 bits per heavy atom. The summed E-state index contributed by atoms with van der Waals surface area (Å²) < 4.78 is 1.98. The molecule has 0 saturated carbocycles. The maximum absolute atomic E-state index is 4.32. The molecule has 0 amide bonds. The second kappa shape index (κ2) is 6.36. The second-order valence-electron chi connectivity index (χ2n) is 4.58. The first kappa shape index (κ1) is 12.8. The first-order valence-corrected chi connectivity index (χ1v) is 6.54. The van der Waals surface area contributed by atoms with Crippen molar-refractivity contribution in [1.29, 1.82) is 0 Å². The number of nitrogens with one attached hydrogen (secondary N) is 1. The third-order valence-electron chi connectivity index (χ3n) is 3.23. The first-order chi connectivity index (χ1) is 8.81. The topological polar surface area (TPSA) is 29.9 Å². The molecular weight excluding hydrogens is 222 g/mol. The summed E-state index contributed by atoms with van der Waals surface area (Å²) >= 11 is 0. The molecule has 0 aliphatic carbocycles. The highest BCUT2D eigenvalue weighted by Crippen LogP contribution is 2.08. The Labute approximate surface area is 109 Å². The Balaban J connectivity index is 1.97. The molecule has 1 heterocycles.